The third-order valence-electron chi connectivity index (χ3n) is 5.79. The number of sulfonamides is 1. The number of hydrogen-bond donors (Lipinski definition) is 0. The summed E-state index contributed by atoms with van der Waals surface area (Å²) in [6, 6.07) is 17.2. The normalized spacial score (nSPS) is 15.9. The van der Waals surface area contributed by atoms with Crippen LogP contribution in [0.3, 0.4) is 0 Å². The van der Waals surface area contributed by atoms with Crippen LogP contribution in [0.25, 0.3) is 0 Å². The van der Waals surface area contributed by atoms with Crippen molar-refractivity contribution >= 4 is 27.0 Å². The van der Waals surface area contributed by atoms with Crippen LogP contribution in [-0.2, 0) is 16.6 Å². The van der Waals surface area contributed by atoms with Crippen molar-refractivity contribution < 1.29 is 8.42 Å². The molecule has 2 heterocycles. The Balaban J connectivity index is 1.62. The van der Waals surface area contributed by atoms with Gasteiger partial charge in [-0.2, -0.15) is 11.3 Å². The van der Waals surface area contributed by atoms with Crippen molar-refractivity contribution in [2.75, 3.05) is 17.4 Å². The molecule has 0 unspecified atom stereocenters. The van der Waals surface area contributed by atoms with Gasteiger partial charge in [0.25, 0.3) is 10.0 Å². The number of piperidine rings is 1. The van der Waals surface area contributed by atoms with E-state index in [9.17, 15) is 8.42 Å². The first-order chi connectivity index (χ1) is 14.4. The Labute approximate surface area is 183 Å². The average Bonchev–Trinajstić information content (AvgIpc) is 3.24. The first-order valence-corrected chi connectivity index (χ1v) is 12.7. The molecule has 30 heavy (non-hydrogen) atoms. The fourth-order valence-electron chi connectivity index (χ4n) is 4.14. The molecule has 0 saturated carbocycles. The maximum atomic E-state index is 13.8. The summed E-state index contributed by atoms with van der Waals surface area (Å²) in [4.78, 5) is 2.82. The van der Waals surface area contributed by atoms with Crippen LogP contribution < -0.4 is 4.31 Å². The Morgan fingerprint density at radius 2 is 1.70 bits per heavy atom. The monoisotopic (exact) mass is 440 g/mol. The number of thiophene rings is 1. The Morgan fingerprint density at radius 1 is 1.00 bits per heavy atom. The summed E-state index contributed by atoms with van der Waals surface area (Å²) >= 11 is 1.72. The molecule has 0 bridgehead atoms. The molecule has 4 nitrogen and oxygen atoms in total. The number of anilines is 1. The number of likely N-dealkylation sites (tertiary alicyclic amines) is 1. The largest absolute Gasteiger partial charge is 0.299 e. The summed E-state index contributed by atoms with van der Waals surface area (Å²) in [7, 11) is -3.65. The molecule has 0 radical (unpaired) electrons. The highest BCUT2D eigenvalue weighted by atomic mass is 32.2. The molecular formula is C24H28N2O2S2. The lowest BCUT2D eigenvalue weighted by Gasteiger charge is -2.39. The summed E-state index contributed by atoms with van der Waals surface area (Å²) in [5.41, 5.74) is 3.99. The predicted molar refractivity (Wildman–Crippen MR) is 125 cm³/mol. The number of benzene rings is 2. The van der Waals surface area contributed by atoms with Crippen LogP contribution >= 0.6 is 11.3 Å². The van der Waals surface area contributed by atoms with Crippen molar-refractivity contribution in [1.82, 2.24) is 4.90 Å². The third-order valence-corrected chi connectivity index (χ3v) is 8.57. The van der Waals surface area contributed by atoms with Crippen LogP contribution in [0, 0.1) is 13.8 Å². The molecule has 0 spiro atoms. The van der Waals surface area contributed by atoms with Crippen LogP contribution in [0.4, 0.5) is 5.69 Å². The molecule has 1 aliphatic rings. The summed E-state index contributed by atoms with van der Waals surface area (Å²) in [5.74, 6) is 0. The van der Waals surface area contributed by atoms with Gasteiger partial charge < -0.3 is 0 Å². The van der Waals surface area contributed by atoms with Crippen LogP contribution in [0.15, 0.2) is 70.3 Å². The molecule has 158 valence electrons. The molecule has 0 atom stereocenters. The zero-order valence-electron chi connectivity index (χ0n) is 17.5. The van der Waals surface area contributed by atoms with E-state index < -0.39 is 10.0 Å². The van der Waals surface area contributed by atoms with Gasteiger partial charge in [0.05, 0.1) is 10.6 Å². The van der Waals surface area contributed by atoms with Gasteiger partial charge >= 0.3 is 0 Å². The van der Waals surface area contributed by atoms with Crippen molar-refractivity contribution in [3.63, 3.8) is 0 Å². The number of aryl methyl sites for hydroxylation is 2. The fourth-order valence-corrected chi connectivity index (χ4v) is 6.74. The minimum atomic E-state index is -3.65. The lowest BCUT2D eigenvalue weighted by molar-refractivity contribution is 0.207. The average molecular weight is 441 g/mol. The third kappa shape index (κ3) is 4.46. The van der Waals surface area contributed by atoms with E-state index in [-0.39, 0.29) is 6.04 Å². The molecule has 0 aliphatic carbocycles. The summed E-state index contributed by atoms with van der Waals surface area (Å²) in [6.45, 7) is 6.61. The molecule has 2 aromatic carbocycles. The molecule has 4 rings (SSSR count). The Hall–Kier alpha value is -2.15. The maximum absolute atomic E-state index is 13.8. The van der Waals surface area contributed by atoms with Crippen LogP contribution in [0.2, 0.25) is 0 Å². The zero-order valence-corrected chi connectivity index (χ0v) is 19.1. The standard InChI is InChI=1S/C24H28N2O2S2/c1-19-7-9-22(10-8-19)26(30(27,28)24-6-4-3-5-20(24)2)23-11-14-25(15-12-23)17-21-13-16-29-18-21/h3-10,13,16,18,23H,11-12,14-15,17H2,1-2H3. The highest BCUT2D eigenvalue weighted by Crippen LogP contribution is 2.32. The molecule has 1 aliphatic heterocycles. The van der Waals surface area contributed by atoms with E-state index in [2.05, 4.69) is 21.7 Å². The van der Waals surface area contributed by atoms with Gasteiger partial charge in [-0.05, 0) is 72.8 Å². The molecule has 0 N–H and O–H groups in total. The molecular weight excluding hydrogens is 412 g/mol. The first-order valence-electron chi connectivity index (χ1n) is 10.4. The van der Waals surface area contributed by atoms with E-state index in [0.29, 0.717) is 4.90 Å². The van der Waals surface area contributed by atoms with Crippen molar-refractivity contribution in [2.45, 2.75) is 44.2 Å². The van der Waals surface area contributed by atoms with Gasteiger partial charge in [-0.3, -0.25) is 9.21 Å². The van der Waals surface area contributed by atoms with Crippen LogP contribution in [0.1, 0.15) is 29.5 Å². The van der Waals surface area contributed by atoms with Gasteiger partial charge in [-0.15, -0.1) is 0 Å². The minimum absolute atomic E-state index is 0.0453. The second kappa shape index (κ2) is 8.92. The summed E-state index contributed by atoms with van der Waals surface area (Å²) in [5, 5.41) is 4.29. The first kappa shape index (κ1) is 21.1. The van der Waals surface area contributed by atoms with Crippen molar-refractivity contribution in [3.05, 3.63) is 82.0 Å². The van der Waals surface area contributed by atoms with Crippen LogP contribution in [-0.4, -0.2) is 32.4 Å². The Bertz CT molecular complexity index is 1070. The van der Waals surface area contributed by atoms with E-state index in [4.69, 9.17) is 0 Å². The number of hydrogen-bond acceptors (Lipinski definition) is 4. The van der Waals surface area contributed by atoms with E-state index in [0.717, 1.165) is 49.3 Å². The minimum Gasteiger partial charge on any atom is -0.299 e. The molecule has 0 amide bonds. The highest BCUT2D eigenvalue weighted by Gasteiger charge is 2.34. The van der Waals surface area contributed by atoms with Crippen LogP contribution in [0.5, 0.6) is 0 Å². The van der Waals surface area contributed by atoms with Gasteiger partial charge in [0, 0.05) is 25.7 Å². The van der Waals surface area contributed by atoms with Gasteiger partial charge in [0.1, 0.15) is 0 Å². The fraction of sp³-hybridized carbons (Fsp3) is 0.333. The lowest BCUT2D eigenvalue weighted by atomic mass is 10.0. The molecule has 6 heteroatoms. The quantitative estimate of drug-likeness (QED) is 0.527. The smallest absolute Gasteiger partial charge is 0.264 e. The SMILES string of the molecule is Cc1ccc(N(C2CCN(Cc3ccsc3)CC2)S(=O)(=O)c2ccccc2C)cc1. The molecule has 1 saturated heterocycles. The van der Waals surface area contributed by atoms with Gasteiger partial charge in [-0.1, -0.05) is 35.9 Å². The summed E-state index contributed by atoms with van der Waals surface area (Å²) < 4.78 is 29.3. The van der Waals surface area contributed by atoms with Crippen molar-refractivity contribution in [3.8, 4) is 0 Å². The van der Waals surface area contributed by atoms with E-state index in [1.165, 1.54) is 5.56 Å². The zero-order chi connectivity index (χ0) is 21.1. The van der Waals surface area contributed by atoms with Crippen molar-refractivity contribution in [1.29, 1.82) is 0 Å². The number of rotatable bonds is 6. The van der Waals surface area contributed by atoms with Gasteiger partial charge in [0.2, 0.25) is 0 Å². The van der Waals surface area contributed by atoms with E-state index >= 15 is 0 Å². The van der Waals surface area contributed by atoms with E-state index in [1.54, 1.807) is 27.8 Å². The molecule has 1 fully saturated rings. The Kier molecular flexibility index (Phi) is 6.27. The topological polar surface area (TPSA) is 40.6 Å². The second-order valence-electron chi connectivity index (χ2n) is 8.04. The second-order valence-corrected chi connectivity index (χ2v) is 10.6. The van der Waals surface area contributed by atoms with Gasteiger partial charge in [-0.25, -0.2) is 8.42 Å². The maximum Gasteiger partial charge on any atom is 0.264 e. The molecule has 1 aromatic heterocycles. The highest BCUT2D eigenvalue weighted by molar-refractivity contribution is 7.93. The van der Waals surface area contributed by atoms with Crippen molar-refractivity contribution in [2.24, 2.45) is 0 Å². The van der Waals surface area contributed by atoms with Gasteiger partial charge in [0.15, 0.2) is 0 Å². The summed E-state index contributed by atoms with van der Waals surface area (Å²) in [6.07, 6.45) is 1.65. The van der Waals surface area contributed by atoms with E-state index in [1.807, 2.05) is 50.2 Å². The lowest BCUT2D eigenvalue weighted by Crippen LogP contribution is -2.47. The number of nitrogens with zero attached hydrogens (tertiary/aromatic N) is 2. The predicted octanol–water partition coefficient (Wildman–Crippen LogP) is 5.22. The Morgan fingerprint density at radius 3 is 2.33 bits per heavy atom. The molecule has 3 aromatic rings.